The van der Waals surface area contributed by atoms with Crippen molar-refractivity contribution in [1.82, 2.24) is 0 Å². The number of hydrogen-bond donors (Lipinski definition) is 0. The lowest BCUT2D eigenvalue weighted by atomic mass is 10.0. The molecule has 3 aromatic carbocycles. The zero-order chi connectivity index (χ0) is 20.2. The Hall–Kier alpha value is -3.99. The predicted octanol–water partition coefficient (Wildman–Crippen LogP) is 4.56. The van der Waals surface area contributed by atoms with Crippen molar-refractivity contribution in [2.24, 2.45) is 5.16 Å². The fourth-order valence-electron chi connectivity index (χ4n) is 2.87. The lowest BCUT2D eigenvalue weighted by molar-refractivity contribution is -0.136. The number of carbonyl (C=O) groups excluding carboxylic acids is 2. The van der Waals surface area contributed by atoms with Crippen LogP contribution in [0.3, 0.4) is 0 Å². The van der Waals surface area contributed by atoms with E-state index in [4.69, 9.17) is 9.57 Å². The van der Waals surface area contributed by atoms with Gasteiger partial charge in [-0.25, -0.2) is 9.59 Å². The first kappa shape index (κ1) is 18.4. The van der Waals surface area contributed by atoms with Crippen LogP contribution in [0, 0.1) is 6.92 Å². The summed E-state index contributed by atoms with van der Waals surface area (Å²) in [7, 11) is 0. The lowest BCUT2D eigenvalue weighted by Crippen LogP contribution is -2.08. The van der Waals surface area contributed by atoms with Crippen LogP contribution in [-0.2, 0) is 9.63 Å². The van der Waals surface area contributed by atoms with Gasteiger partial charge in [0, 0.05) is 5.56 Å². The van der Waals surface area contributed by atoms with Gasteiger partial charge in [0.1, 0.15) is 11.5 Å². The molecule has 4 rings (SSSR count). The standard InChI is InChI=1S/C24H17NO4/c1-16-7-11-19(12-8-16)23(26)28-20-13-9-17(10-14-20)15-21-22(25-29-24(21)27)18-5-3-2-4-6-18/h2-15H,1H3. The van der Waals surface area contributed by atoms with Crippen LogP contribution in [0.4, 0.5) is 0 Å². The molecule has 0 saturated heterocycles. The highest BCUT2D eigenvalue weighted by atomic mass is 16.7. The Balaban J connectivity index is 1.51. The molecular formula is C24H17NO4. The third-order valence-corrected chi connectivity index (χ3v) is 4.43. The fourth-order valence-corrected chi connectivity index (χ4v) is 2.87. The second-order valence-electron chi connectivity index (χ2n) is 6.57. The largest absolute Gasteiger partial charge is 0.423 e. The van der Waals surface area contributed by atoms with Gasteiger partial charge in [0.05, 0.1) is 11.1 Å². The maximum atomic E-state index is 12.2. The van der Waals surface area contributed by atoms with Gasteiger partial charge < -0.3 is 9.57 Å². The highest BCUT2D eigenvalue weighted by Crippen LogP contribution is 2.22. The molecule has 0 aromatic heterocycles. The minimum atomic E-state index is -0.501. The molecule has 0 amide bonds. The molecule has 0 saturated carbocycles. The Morgan fingerprint density at radius 1 is 0.931 bits per heavy atom. The molecule has 1 aliphatic rings. The monoisotopic (exact) mass is 383 g/mol. The zero-order valence-corrected chi connectivity index (χ0v) is 15.7. The molecule has 0 bridgehead atoms. The van der Waals surface area contributed by atoms with Crippen LogP contribution in [0.2, 0.25) is 0 Å². The average molecular weight is 383 g/mol. The van der Waals surface area contributed by atoms with E-state index in [1.54, 1.807) is 42.5 Å². The summed E-state index contributed by atoms with van der Waals surface area (Å²) < 4.78 is 5.40. The summed E-state index contributed by atoms with van der Waals surface area (Å²) in [6.07, 6.45) is 1.70. The van der Waals surface area contributed by atoms with Crippen molar-refractivity contribution in [2.45, 2.75) is 6.92 Å². The van der Waals surface area contributed by atoms with E-state index >= 15 is 0 Å². The summed E-state index contributed by atoms with van der Waals surface area (Å²) in [6.45, 7) is 1.95. The molecule has 3 aromatic rings. The van der Waals surface area contributed by atoms with Crippen molar-refractivity contribution in [3.8, 4) is 5.75 Å². The molecule has 5 nitrogen and oxygen atoms in total. The molecule has 0 fully saturated rings. The summed E-state index contributed by atoms with van der Waals surface area (Å²) in [5.74, 6) is -0.503. The molecule has 1 heterocycles. The Morgan fingerprint density at radius 2 is 1.62 bits per heavy atom. The van der Waals surface area contributed by atoms with E-state index < -0.39 is 11.9 Å². The first-order valence-corrected chi connectivity index (χ1v) is 9.06. The van der Waals surface area contributed by atoms with E-state index in [-0.39, 0.29) is 0 Å². The molecular weight excluding hydrogens is 366 g/mol. The summed E-state index contributed by atoms with van der Waals surface area (Å²) >= 11 is 0. The van der Waals surface area contributed by atoms with Crippen LogP contribution in [0.1, 0.15) is 27.0 Å². The van der Waals surface area contributed by atoms with E-state index in [0.29, 0.717) is 22.6 Å². The molecule has 1 aliphatic heterocycles. The summed E-state index contributed by atoms with van der Waals surface area (Å²) in [4.78, 5) is 29.2. The minimum Gasteiger partial charge on any atom is -0.423 e. The van der Waals surface area contributed by atoms with Crippen LogP contribution in [0.15, 0.2) is 89.6 Å². The number of nitrogens with zero attached hydrogens (tertiary/aromatic N) is 1. The van der Waals surface area contributed by atoms with E-state index in [0.717, 1.165) is 16.7 Å². The fraction of sp³-hybridized carbons (Fsp3) is 0.0417. The van der Waals surface area contributed by atoms with E-state index in [1.807, 2.05) is 49.4 Å². The van der Waals surface area contributed by atoms with Crippen molar-refractivity contribution in [3.63, 3.8) is 0 Å². The third-order valence-electron chi connectivity index (χ3n) is 4.43. The SMILES string of the molecule is Cc1ccc(C(=O)Oc2ccc(C=C3C(=O)ON=C3c3ccccc3)cc2)cc1. The molecule has 0 spiro atoms. The molecule has 0 aliphatic carbocycles. The van der Waals surface area contributed by atoms with E-state index in [9.17, 15) is 9.59 Å². The molecule has 29 heavy (non-hydrogen) atoms. The van der Waals surface area contributed by atoms with Gasteiger partial charge in [-0.1, -0.05) is 65.3 Å². The van der Waals surface area contributed by atoms with Gasteiger partial charge in [-0.2, -0.15) is 0 Å². The number of rotatable bonds is 4. The number of esters is 1. The smallest absolute Gasteiger partial charge is 0.368 e. The van der Waals surface area contributed by atoms with E-state index in [1.165, 1.54) is 0 Å². The minimum absolute atomic E-state index is 0.376. The second kappa shape index (κ2) is 7.94. The highest BCUT2D eigenvalue weighted by Gasteiger charge is 2.26. The van der Waals surface area contributed by atoms with Crippen molar-refractivity contribution >= 4 is 23.7 Å². The number of benzene rings is 3. The molecule has 0 radical (unpaired) electrons. The molecule has 142 valence electrons. The van der Waals surface area contributed by atoms with Gasteiger partial charge in [0.25, 0.3) is 0 Å². The highest BCUT2D eigenvalue weighted by molar-refractivity contribution is 6.31. The first-order valence-electron chi connectivity index (χ1n) is 9.06. The first-order chi connectivity index (χ1) is 14.1. The lowest BCUT2D eigenvalue weighted by Gasteiger charge is -2.05. The number of hydrogen-bond acceptors (Lipinski definition) is 5. The van der Waals surface area contributed by atoms with Gasteiger partial charge >= 0.3 is 11.9 Å². The van der Waals surface area contributed by atoms with Gasteiger partial charge in [0.2, 0.25) is 0 Å². The number of oxime groups is 1. The van der Waals surface area contributed by atoms with Crippen molar-refractivity contribution in [3.05, 3.63) is 107 Å². The van der Waals surface area contributed by atoms with Crippen LogP contribution in [-0.4, -0.2) is 17.7 Å². The van der Waals surface area contributed by atoms with Crippen LogP contribution in [0.5, 0.6) is 5.75 Å². The predicted molar refractivity (Wildman–Crippen MR) is 110 cm³/mol. The van der Waals surface area contributed by atoms with Gasteiger partial charge in [-0.05, 0) is 42.8 Å². The van der Waals surface area contributed by atoms with Gasteiger partial charge in [-0.15, -0.1) is 0 Å². The molecule has 0 atom stereocenters. The van der Waals surface area contributed by atoms with Crippen LogP contribution in [0.25, 0.3) is 6.08 Å². The van der Waals surface area contributed by atoms with Gasteiger partial charge in [0.15, 0.2) is 0 Å². The quantitative estimate of drug-likeness (QED) is 0.287. The average Bonchev–Trinajstić information content (AvgIpc) is 3.11. The number of ether oxygens (including phenoxy) is 1. The normalized spacial score (nSPS) is 14.4. The van der Waals surface area contributed by atoms with Crippen molar-refractivity contribution in [1.29, 1.82) is 0 Å². The van der Waals surface area contributed by atoms with Crippen molar-refractivity contribution < 1.29 is 19.2 Å². The Bertz CT molecular complexity index is 1110. The Morgan fingerprint density at radius 3 is 2.31 bits per heavy atom. The molecule has 0 unspecified atom stereocenters. The maximum absolute atomic E-state index is 12.2. The summed E-state index contributed by atoms with van der Waals surface area (Å²) in [5.41, 5.74) is 3.99. The van der Waals surface area contributed by atoms with E-state index in [2.05, 4.69) is 5.16 Å². The summed E-state index contributed by atoms with van der Waals surface area (Å²) in [6, 6.07) is 23.4. The Kier molecular flexibility index (Phi) is 5.03. The molecule has 5 heteroatoms. The van der Waals surface area contributed by atoms with Gasteiger partial charge in [-0.3, -0.25) is 0 Å². The zero-order valence-electron chi connectivity index (χ0n) is 15.7. The van der Waals surface area contributed by atoms with Crippen molar-refractivity contribution in [2.75, 3.05) is 0 Å². The summed E-state index contributed by atoms with van der Waals surface area (Å²) in [5, 5.41) is 3.89. The van der Waals surface area contributed by atoms with Crippen LogP contribution < -0.4 is 4.74 Å². The third kappa shape index (κ3) is 4.14. The van der Waals surface area contributed by atoms with Crippen LogP contribution >= 0.6 is 0 Å². The second-order valence-corrected chi connectivity index (χ2v) is 6.57. The molecule has 0 N–H and O–H groups in total. The number of aryl methyl sites for hydroxylation is 1. The number of carbonyl (C=O) groups is 2. The topological polar surface area (TPSA) is 65.0 Å². The maximum Gasteiger partial charge on any atom is 0.368 e. The Labute approximate surface area is 167 Å².